The largest absolute Gasteiger partial charge is 0.508 e. The zero-order valence-corrected chi connectivity index (χ0v) is 28.1. The van der Waals surface area contributed by atoms with E-state index in [1.54, 1.807) is 12.1 Å². The molecule has 1 heterocycles. The van der Waals surface area contributed by atoms with Gasteiger partial charge >= 0.3 is 5.97 Å². The molecular weight excluding hydrogens is 552 g/mol. The molecule has 4 aliphatic carbocycles. The van der Waals surface area contributed by atoms with Crippen molar-refractivity contribution in [1.29, 1.82) is 0 Å². The number of rotatable bonds is 5. The highest BCUT2D eigenvalue weighted by Gasteiger charge is 2.68. The maximum atomic E-state index is 11.9. The Labute approximate surface area is 264 Å². The smallest absolute Gasteiger partial charge is 0.337 e. The molecular formula is C38H56O6. The third-order valence-electron chi connectivity index (χ3n) is 14.4. The number of phenolic OH excluding ortho intramolecular Hbond substituents is 1. The summed E-state index contributed by atoms with van der Waals surface area (Å²) in [4.78, 5) is 11.9. The molecule has 6 rings (SSSR count). The molecule has 1 saturated heterocycles. The minimum absolute atomic E-state index is 0.00000682. The lowest BCUT2D eigenvalue weighted by Crippen LogP contribution is -2.64. The van der Waals surface area contributed by atoms with Gasteiger partial charge in [0.15, 0.2) is 6.10 Å². The molecule has 4 fully saturated rings. The fraction of sp³-hybridized carbons (Fsp3) is 0.763. The maximum Gasteiger partial charge on any atom is 0.337 e. The highest BCUT2D eigenvalue weighted by Crippen LogP contribution is 2.74. The van der Waals surface area contributed by atoms with Gasteiger partial charge < -0.3 is 25.2 Å². The van der Waals surface area contributed by atoms with Gasteiger partial charge in [-0.3, -0.25) is 0 Å². The van der Waals surface area contributed by atoms with E-state index in [9.17, 15) is 25.2 Å². The second-order valence-electron chi connectivity index (χ2n) is 17.0. The summed E-state index contributed by atoms with van der Waals surface area (Å²) in [6.45, 7) is 16.2. The summed E-state index contributed by atoms with van der Waals surface area (Å²) in [5, 5.41) is 42.9. The summed E-state index contributed by atoms with van der Waals surface area (Å²) in [6, 6.07) is 3.21. The van der Waals surface area contributed by atoms with Gasteiger partial charge in [-0.1, -0.05) is 45.4 Å². The van der Waals surface area contributed by atoms with E-state index in [-0.39, 0.29) is 39.4 Å². The molecule has 1 aromatic carbocycles. The zero-order valence-electron chi connectivity index (χ0n) is 28.1. The van der Waals surface area contributed by atoms with Crippen molar-refractivity contribution in [3.63, 3.8) is 0 Å². The zero-order chi connectivity index (χ0) is 32.0. The first kappa shape index (κ1) is 32.1. The van der Waals surface area contributed by atoms with Crippen molar-refractivity contribution in [3.8, 4) is 5.75 Å². The van der Waals surface area contributed by atoms with Gasteiger partial charge in [0, 0.05) is 0 Å². The van der Waals surface area contributed by atoms with Gasteiger partial charge in [-0.05, 0) is 154 Å². The number of carboxylic acid groups (broad SMARTS) is 1. The number of hydrogen-bond acceptors (Lipinski definition) is 5. The molecule has 0 amide bonds. The van der Waals surface area contributed by atoms with Crippen LogP contribution in [0.4, 0.5) is 0 Å². The second-order valence-corrected chi connectivity index (χ2v) is 17.0. The minimum atomic E-state index is -1.59. The average molecular weight is 609 g/mol. The molecule has 44 heavy (non-hydrogen) atoms. The lowest BCUT2D eigenvalue weighted by molar-refractivity contribution is -0.236. The van der Waals surface area contributed by atoms with Crippen LogP contribution in [0.25, 0.3) is 0 Å². The number of aliphatic hydroxyl groups is 2. The molecule has 0 spiro atoms. The number of allylic oxidation sites excluding steroid dienone is 2. The number of aromatic hydroxyl groups is 1. The van der Waals surface area contributed by atoms with Crippen LogP contribution in [-0.2, 0) is 21.4 Å². The fourth-order valence-corrected chi connectivity index (χ4v) is 12.2. The number of aliphatic hydroxyl groups excluding tert-OH is 2. The summed E-state index contributed by atoms with van der Waals surface area (Å²) < 4.78 is 7.07. The fourth-order valence-electron chi connectivity index (χ4n) is 12.2. The average Bonchev–Trinajstić information content (AvgIpc) is 3.23. The lowest BCUT2D eigenvalue weighted by atomic mass is 9.36. The Balaban J connectivity index is 1.32. The van der Waals surface area contributed by atoms with Crippen LogP contribution in [0.2, 0.25) is 0 Å². The molecule has 1 aromatic rings. The number of benzene rings is 1. The maximum absolute atomic E-state index is 11.9. The highest BCUT2D eigenvalue weighted by molar-refractivity contribution is 5.76. The van der Waals surface area contributed by atoms with Gasteiger partial charge in [0.1, 0.15) is 5.75 Å². The van der Waals surface area contributed by atoms with Crippen LogP contribution in [0.3, 0.4) is 0 Å². The van der Waals surface area contributed by atoms with Gasteiger partial charge in [0.05, 0.1) is 17.8 Å². The molecule has 5 aliphatic rings. The van der Waals surface area contributed by atoms with E-state index >= 15 is 0 Å². The Kier molecular flexibility index (Phi) is 7.70. The third-order valence-corrected chi connectivity index (χ3v) is 14.4. The minimum Gasteiger partial charge on any atom is -0.508 e. The Morgan fingerprint density at radius 1 is 0.932 bits per heavy atom. The van der Waals surface area contributed by atoms with Crippen LogP contribution in [0.5, 0.6) is 5.75 Å². The SMILES string of the molecule is CC(C)=CCC[C@]1(C)O[C@@H]2CC[C@@]3(C)[C@@H]4CC[C@]5(C)c6c(C(O)C(=O)O)ccc(O)c6C[C@H]5[C@@]4(C)CC[C@@H]3[C@@]2(C)CC[C@H]1O. The number of carbonyl (C=O) groups is 1. The van der Waals surface area contributed by atoms with Gasteiger partial charge in [-0.2, -0.15) is 0 Å². The number of phenols is 1. The molecule has 6 heteroatoms. The van der Waals surface area contributed by atoms with E-state index in [0.717, 1.165) is 81.8 Å². The quantitative estimate of drug-likeness (QED) is 0.256. The van der Waals surface area contributed by atoms with E-state index in [4.69, 9.17) is 4.74 Å². The van der Waals surface area contributed by atoms with Crippen molar-refractivity contribution in [2.24, 2.45) is 34.0 Å². The van der Waals surface area contributed by atoms with Crippen LogP contribution >= 0.6 is 0 Å². The van der Waals surface area contributed by atoms with E-state index < -0.39 is 23.8 Å². The van der Waals surface area contributed by atoms with Crippen molar-refractivity contribution in [2.75, 3.05) is 0 Å². The monoisotopic (exact) mass is 608 g/mol. The molecule has 11 atom stereocenters. The van der Waals surface area contributed by atoms with Crippen LogP contribution < -0.4 is 0 Å². The number of hydrogen-bond donors (Lipinski definition) is 4. The van der Waals surface area contributed by atoms with Gasteiger partial charge in [0.25, 0.3) is 0 Å². The standard InChI is InChI=1S/C38H56O6/c1-22(2)9-8-16-38(7)29(40)14-19-36(5)27-12-17-35(4)26(34(27,3)20-15-30(36)44-38)13-18-37(6)28(35)21-24-25(39)11-10-23(31(24)37)32(41)33(42)43/h9-11,26-30,32,39-41H,8,12-21H2,1-7H3,(H,42,43)/t26-,27-,28-,29+,30+,32?,34-,35-,36+,37-,38-/m0/s1. The molecule has 3 saturated carbocycles. The van der Waals surface area contributed by atoms with Gasteiger partial charge in [-0.15, -0.1) is 0 Å². The van der Waals surface area contributed by atoms with Gasteiger partial charge in [0.2, 0.25) is 0 Å². The summed E-state index contributed by atoms with van der Waals surface area (Å²) >= 11 is 0. The molecule has 0 aromatic heterocycles. The summed E-state index contributed by atoms with van der Waals surface area (Å²) in [6.07, 6.45) is 10.9. The summed E-state index contributed by atoms with van der Waals surface area (Å²) in [5.74, 6) is 0.264. The first-order valence-corrected chi connectivity index (χ1v) is 17.3. The molecule has 0 bridgehead atoms. The van der Waals surface area contributed by atoms with Crippen molar-refractivity contribution < 1.29 is 30.0 Å². The Hall–Kier alpha value is -1.89. The highest BCUT2D eigenvalue weighted by atomic mass is 16.5. The van der Waals surface area contributed by atoms with Crippen LogP contribution in [-0.4, -0.2) is 44.2 Å². The topological polar surface area (TPSA) is 107 Å². The number of ether oxygens (including phenoxy) is 1. The molecule has 1 unspecified atom stereocenters. The third kappa shape index (κ3) is 4.47. The molecule has 1 aliphatic heterocycles. The van der Waals surface area contributed by atoms with E-state index in [0.29, 0.717) is 17.4 Å². The number of aliphatic carboxylic acids is 1. The van der Waals surface area contributed by atoms with E-state index in [1.807, 2.05) is 0 Å². The molecule has 4 N–H and O–H groups in total. The van der Waals surface area contributed by atoms with Crippen molar-refractivity contribution >= 4 is 5.97 Å². The Morgan fingerprint density at radius 3 is 2.23 bits per heavy atom. The number of fused-ring (bicyclic) bond motifs is 9. The van der Waals surface area contributed by atoms with Crippen LogP contribution in [0.1, 0.15) is 135 Å². The van der Waals surface area contributed by atoms with Crippen molar-refractivity contribution in [1.82, 2.24) is 0 Å². The van der Waals surface area contributed by atoms with E-state index in [2.05, 4.69) is 54.5 Å². The molecule has 244 valence electrons. The Morgan fingerprint density at radius 2 is 1.55 bits per heavy atom. The van der Waals surface area contributed by atoms with Crippen LogP contribution in [0, 0.1) is 34.0 Å². The second kappa shape index (κ2) is 10.6. The number of carboxylic acids is 1. The molecule has 0 radical (unpaired) electrons. The van der Waals surface area contributed by atoms with Crippen molar-refractivity contribution in [3.05, 3.63) is 40.5 Å². The normalized spacial score (nSPS) is 45.1. The summed E-state index contributed by atoms with van der Waals surface area (Å²) in [5.41, 5.74) is 2.83. The lowest BCUT2D eigenvalue weighted by Gasteiger charge is -2.69. The predicted molar refractivity (Wildman–Crippen MR) is 171 cm³/mol. The predicted octanol–water partition coefficient (Wildman–Crippen LogP) is 7.62. The summed E-state index contributed by atoms with van der Waals surface area (Å²) in [7, 11) is 0. The van der Waals surface area contributed by atoms with E-state index in [1.165, 1.54) is 5.57 Å². The first-order chi connectivity index (χ1) is 20.5. The van der Waals surface area contributed by atoms with Crippen LogP contribution in [0.15, 0.2) is 23.8 Å². The van der Waals surface area contributed by atoms with Crippen molar-refractivity contribution in [2.45, 2.75) is 148 Å². The van der Waals surface area contributed by atoms with Gasteiger partial charge in [-0.25, -0.2) is 4.79 Å². The first-order valence-electron chi connectivity index (χ1n) is 17.3. The molecule has 6 nitrogen and oxygen atoms in total. The Bertz CT molecular complexity index is 1350.